The second-order valence-corrected chi connectivity index (χ2v) is 8.43. The van der Waals surface area contributed by atoms with Crippen LogP contribution >= 0.6 is 11.3 Å². The summed E-state index contributed by atoms with van der Waals surface area (Å²) in [5, 5.41) is 11.4. The highest BCUT2D eigenvalue weighted by atomic mass is 32.2. The minimum absolute atomic E-state index is 0.0114. The zero-order valence-electron chi connectivity index (χ0n) is 14.6. The van der Waals surface area contributed by atoms with E-state index >= 15 is 0 Å². The van der Waals surface area contributed by atoms with E-state index in [9.17, 15) is 18.3 Å². The highest BCUT2D eigenvalue weighted by Gasteiger charge is 2.23. The Balaban J connectivity index is 2.13. The number of thiophene rings is 1. The molecule has 1 heterocycles. The summed E-state index contributed by atoms with van der Waals surface area (Å²) in [6.45, 7) is 1.77. The number of nitrogens with one attached hydrogen (secondary N) is 1. The van der Waals surface area contributed by atoms with Crippen LogP contribution in [0.15, 0.2) is 58.8 Å². The Kier molecular flexibility index (Phi) is 5.20. The van der Waals surface area contributed by atoms with E-state index in [4.69, 9.17) is 4.74 Å². The van der Waals surface area contributed by atoms with Gasteiger partial charge in [0.05, 0.1) is 23.3 Å². The molecular formula is C19H17NO5S2. The molecule has 0 saturated heterocycles. The first-order valence-electron chi connectivity index (χ1n) is 7.90. The summed E-state index contributed by atoms with van der Waals surface area (Å²) in [6.07, 6.45) is 0. The number of aryl methyl sites for hydroxylation is 1. The molecule has 3 rings (SSSR count). The van der Waals surface area contributed by atoms with Crippen LogP contribution in [-0.4, -0.2) is 26.6 Å². The van der Waals surface area contributed by atoms with Gasteiger partial charge in [-0.15, -0.1) is 11.3 Å². The summed E-state index contributed by atoms with van der Waals surface area (Å²) in [5.41, 5.74) is 1.20. The zero-order valence-corrected chi connectivity index (χ0v) is 16.2. The van der Waals surface area contributed by atoms with Crippen molar-refractivity contribution in [2.24, 2.45) is 0 Å². The molecule has 1 aromatic heterocycles. The minimum Gasteiger partial charge on any atom is -0.497 e. The van der Waals surface area contributed by atoms with Crippen LogP contribution in [0.1, 0.15) is 15.9 Å². The van der Waals surface area contributed by atoms with E-state index in [0.717, 1.165) is 10.4 Å². The highest BCUT2D eigenvalue weighted by molar-refractivity contribution is 7.92. The third-order valence-corrected chi connectivity index (χ3v) is 6.17. The van der Waals surface area contributed by atoms with Crippen molar-refractivity contribution in [3.8, 4) is 16.2 Å². The van der Waals surface area contributed by atoms with Gasteiger partial charge in [-0.2, -0.15) is 0 Å². The minimum atomic E-state index is -3.99. The van der Waals surface area contributed by atoms with Gasteiger partial charge >= 0.3 is 5.97 Å². The fourth-order valence-corrected chi connectivity index (χ4v) is 4.49. The Morgan fingerprint density at radius 1 is 1.15 bits per heavy atom. The van der Waals surface area contributed by atoms with Crippen LogP contribution in [-0.2, 0) is 10.0 Å². The first kappa shape index (κ1) is 18.9. The second-order valence-electron chi connectivity index (χ2n) is 5.80. The number of carboxylic acids is 1. The van der Waals surface area contributed by atoms with Gasteiger partial charge in [-0.3, -0.25) is 4.72 Å². The lowest BCUT2D eigenvalue weighted by Crippen LogP contribution is -2.16. The number of carboxylic acid groups (broad SMARTS) is 1. The van der Waals surface area contributed by atoms with Gasteiger partial charge in [-0.05, 0) is 60.3 Å². The molecule has 0 radical (unpaired) electrons. The fourth-order valence-electron chi connectivity index (χ4n) is 2.64. The van der Waals surface area contributed by atoms with Gasteiger partial charge in [0.25, 0.3) is 10.0 Å². The van der Waals surface area contributed by atoms with Crippen LogP contribution in [0.5, 0.6) is 5.75 Å². The molecule has 0 atom stereocenters. The largest absolute Gasteiger partial charge is 0.497 e. The lowest BCUT2D eigenvalue weighted by Gasteiger charge is -2.16. The fraction of sp³-hybridized carbons (Fsp3) is 0.105. The third-order valence-electron chi connectivity index (χ3n) is 3.91. The molecule has 140 valence electrons. The lowest BCUT2D eigenvalue weighted by atomic mass is 10.0. The molecule has 0 spiro atoms. The predicted molar refractivity (Wildman–Crippen MR) is 105 cm³/mol. The number of sulfonamides is 1. The number of hydrogen-bond donors (Lipinski definition) is 2. The molecule has 0 saturated carbocycles. The van der Waals surface area contributed by atoms with Gasteiger partial charge in [-0.1, -0.05) is 6.07 Å². The summed E-state index contributed by atoms with van der Waals surface area (Å²) in [5.74, 6) is -0.682. The number of carbonyl (C=O) groups is 1. The number of ether oxygens (including phenoxy) is 1. The van der Waals surface area contributed by atoms with Gasteiger partial charge in [0.15, 0.2) is 0 Å². The Morgan fingerprint density at radius 3 is 2.41 bits per heavy atom. The number of hydrogen-bond acceptors (Lipinski definition) is 5. The normalized spacial score (nSPS) is 11.2. The van der Waals surface area contributed by atoms with E-state index in [2.05, 4.69) is 4.72 Å². The number of methoxy groups -OCH3 is 1. The second kappa shape index (κ2) is 7.42. The van der Waals surface area contributed by atoms with Crippen LogP contribution in [0, 0.1) is 6.92 Å². The maximum Gasteiger partial charge on any atom is 0.337 e. The van der Waals surface area contributed by atoms with Crippen LogP contribution in [0.25, 0.3) is 10.4 Å². The summed E-state index contributed by atoms with van der Waals surface area (Å²) in [4.78, 5) is 12.5. The number of aromatic carboxylic acids is 1. The quantitative estimate of drug-likeness (QED) is 0.642. The first-order valence-corrected chi connectivity index (χ1v) is 10.3. The van der Waals surface area contributed by atoms with Crippen molar-refractivity contribution in [2.45, 2.75) is 11.8 Å². The third kappa shape index (κ3) is 3.96. The smallest absolute Gasteiger partial charge is 0.337 e. The molecule has 0 amide bonds. The number of anilines is 1. The SMILES string of the molecule is COc1ccc(S(=O)(=O)Nc2c(C(=O)O)cc(C)cc2-c2cccs2)cc1. The van der Waals surface area contributed by atoms with Gasteiger partial charge in [0.1, 0.15) is 5.75 Å². The molecule has 0 fully saturated rings. The van der Waals surface area contributed by atoms with Crippen molar-refractivity contribution >= 4 is 33.0 Å². The molecule has 0 aliphatic heterocycles. The Morgan fingerprint density at radius 2 is 1.85 bits per heavy atom. The summed E-state index contributed by atoms with van der Waals surface area (Å²) >= 11 is 1.40. The molecule has 6 nitrogen and oxygen atoms in total. The van der Waals surface area contributed by atoms with Crippen molar-refractivity contribution in [2.75, 3.05) is 11.8 Å². The molecule has 27 heavy (non-hydrogen) atoms. The average Bonchev–Trinajstić information content (AvgIpc) is 3.17. The molecule has 2 aromatic carbocycles. The zero-order chi connectivity index (χ0) is 19.6. The Hall–Kier alpha value is -2.84. The molecule has 0 aliphatic rings. The Labute approximate surface area is 161 Å². The standard InChI is InChI=1S/C19H17NO5S2/c1-12-10-15(17-4-3-9-26-17)18(16(11-12)19(21)22)20-27(23,24)14-7-5-13(25-2)6-8-14/h3-11,20H,1-2H3,(H,21,22). The van der Waals surface area contributed by atoms with Crippen molar-refractivity contribution in [3.05, 3.63) is 65.0 Å². The molecule has 3 aromatic rings. The molecule has 8 heteroatoms. The monoisotopic (exact) mass is 403 g/mol. The van der Waals surface area contributed by atoms with E-state index in [1.54, 1.807) is 13.0 Å². The molecule has 0 bridgehead atoms. The maximum atomic E-state index is 12.8. The van der Waals surface area contributed by atoms with Crippen molar-refractivity contribution in [1.82, 2.24) is 0 Å². The van der Waals surface area contributed by atoms with Crippen LogP contribution < -0.4 is 9.46 Å². The Bertz CT molecular complexity index is 1070. The molecule has 0 unspecified atom stereocenters. The van der Waals surface area contributed by atoms with E-state index in [-0.39, 0.29) is 16.1 Å². The van der Waals surface area contributed by atoms with Crippen molar-refractivity contribution in [1.29, 1.82) is 0 Å². The predicted octanol–water partition coefficient (Wildman–Crippen LogP) is 4.23. The molecule has 2 N–H and O–H groups in total. The number of rotatable bonds is 6. The van der Waals surface area contributed by atoms with E-state index in [0.29, 0.717) is 11.3 Å². The summed E-state index contributed by atoms with van der Waals surface area (Å²) in [6, 6.07) is 12.7. The van der Waals surface area contributed by atoms with E-state index in [1.807, 2.05) is 17.5 Å². The average molecular weight is 403 g/mol. The van der Waals surface area contributed by atoms with Gasteiger partial charge in [0.2, 0.25) is 0 Å². The van der Waals surface area contributed by atoms with Gasteiger partial charge < -0.3 is 9.84 Å². The van der Waals surface area contributed by atoms with E-state index < -0.39 is 16.0 Å². The highest BCUT2D eigenvalue weighted by Crippen LogP contribution is 2.36. The molecular weight excluding hydrogens is 386 g/mol. The van der Waals surface area contributed by atoms with Crippen LogP contribution in [0.3, 0.4) is 0 Å². The lowest BCUT2D eigenvalue weighted by molar-refractivity contribution is 0.0698. The van der Waals surface area contributed by atoms with E-state index in [1.165, 1.54) is 48.8 Å². The molecule has 0 aliphatic carbocycles. The van der Waals surface area contributed by atoms with Gasteiger partial charge in [-0.25, -0.2) is 13.2 Å². The van der Waals surface area contributed by atoms with Crippen LogP contribution in [0.4, 0.5) is 5.69 Å². The van der Waals surface area contributed by atoms with Crippen molar-refractivity contribution in [3.63, 3.8) is 0 Å². The maximum absolute atomic E-state index is 12.8. The van der Waals surface area contributed by atoms with Crippen LogP contribution in [0.2, 0.25) is 0 Å². The topological polar surface area (TPSA) is 92.7 Å². The van der Waals surface area contributed by atoms with Gasteiger partial charge in [0, 0.05) is 10.4 Å². The first-order chi connectivity index (χ1) is 12.8. The number of benzene rings is 2. The summed E-state index contributed by atoms with van der Waals surface area (Å²) in [7, 11) is -2.50. The summed E-state index contributed by atoms with van der Waals surface area (Å²) < 4.78 is 33.2. The van der Waals surface area contributed by atoms with Crippen molar-refractivity contribution < 1.29 is 23.1 Å².